The summed E-state index contributed by atoms with van der Waals surface area (Å²) in [6, 6.07) is 20.7. The first kappa shape index (κ1) is 14.2. The summed E-state index contributed by atoms with van der Waals surface area (Å²) < 4.78 is -0.303. The van der Waals surface area contributed by atoms with Crippen molar-refractivity contribution in [2.24, 2.45) is 0 Å². The number of fused-ring (bicyclic) bond motifs is 1. The van der Waals surface area contributed by atoms with Crippen molar-refractivity contribution in [1.82, 2.24) is 4.98 Å². The second-order valence-electron chi connectivity index (χ2n) is 5.19. The number of aliphatic hydroxyl groups is 1. The first-order valence-corrected chi connectivity index (χ1v) is 8.02. The van der Waals surface area contributed by atoms with E-state index < -0.39 is 0 Å². The minimum absolute atomic E-state index is 0.119. The summed E-state index contributed by atoms with van der Waals surface area (Å²) in [4.78, 5) is 3.44. The van der Waals surface area contributed by atoms with E-state index in [1.807, 2.05) is 30.3 Å². The maximum absolute atomic E-state index is 10.0. The molecule has 0 spiro atoms. The number of H-pyrrole nitrogens is 1. The number of aliphatic hydroxyl groups excluding tert-OH is 1. The van der Waals surface area contributed by atoms with Gasteiger partial charge in [-0.15, -0.1) is 0 Å². The van der Waals surface area contributed by atoms with Gasteiger partial charge in [0.1, 0.15) is 0 Å². The number of aromatic nitrogens is 1. The molecule has 0 radical (unpaired) electrons. The lowest BCUT2D eigenvalue weighted by molar-refractivity contribution is 0.245. The van der Waals surface area contributed by atoms with Gasteiger partial charge in [0.2, 0.25) is 0 Å². The van der Waals surface area contributed by atoms with Crippen LogP contribution in [-0.4, -0.2) is 16.7 Å². The van der Waals surface area contributed by atoms with Gasteiger partial charge in [-0.25, -0.2) is 0 Å². The fraction of sp³-hybridized carbons (Fsp3) is 0.222. The molecule has 2 nitrogen and oxygen atoms in total. The van der Waals surface area contributed by atoms with Crippen molar-refractivity contribution in [1.29, 1.82) is 0 Å². The third-order valence-electron chi connectivity index (χ3n) is 3.94. The fourth-order valence-electron chi connectivity index (χ4n) is 2.62. The van der Waals surface area contributed by atoms with Crippen molar-refractivity contribution in [3.8, 4) is 0 Å². The molecular formula is C18H19NOS. The number of benzene rings is 2. The Kier molecular flexibility index (Phi) is 4.04. The second kappa shape index (κ2) is 5.96. The summed E-state index contributed by atoms with van der Waals surface area (Å²) in [6.07, 6.45) is 0.869. The normalized spacial score (nSPS) is 14.2. The van der Waals surface area contributed by atoms with Crippen LogP contribution in [0.2, 0.25) is 0 Å². The highest BCUT2D eigenvalue weighted by molar-refractivity contribution is 8.00. The number of hydrogen-bond acceptors (Lipinski definition) is 2. The molecule has 1 heterocycles. The van der Waals surface area contributed by atoms with Crippen LogP contribution in [0, 0.1) is 0 Å². The summed E-state index contributed by atoms with van der Waals surface area (Å²) in [7, 11) is 0. The third kappa shape index (κ3) is 2.71. The predicted molar refractivity (Wildman–Crippen MR) is 89.7 cm³/mol. The molecular weight excluding hydrogens is 278 g/mol. The third-order valence-corrected chi connectivity index (χ3v) is 5.42. The number of thioether (sulfide) groups is 1. The molecule has 0 aliphatic carbocycles. The smallest absolute Gasteiger partial charge is 0.0742 e. The largest absolute Gasteiger partial charge is 0.395 e. The van der Waals surface area contributed by atoms with E-state index in [0.717, 1.165) is 17.0 Å². The zero-order valence-corrected chi connectivity index (χ0v) is 12.9. The van der Waals surface area contributed by atoms with Crippen LogP contribution in [0.5, 0.6) is 0 Å². The van der Waals surface area contributed by atoms with Gasteiger partial charge < -0.3 is 10.1 Å². The average Bonchev–Trinajstić information content (AvgIpc) is 2.96. The van der Waals surface area contributed by atoms with E-state index in [1.54, 1.807) is 11.8 Å². The molecule has 2 aromatic carbocycles. The maximum atomic E-state index is 10.0. The Morgan fingerprint density at radius 3 is 2.43 bits per heavy atom. The van der Waals surface area contributed by atoms with Crippen molar-refractivity contribution >= 4 is 22.7 Å². The highest BCUT2D eigenvalue weighted by Gasteiger charge is 2.31. The van der Waals surface area contributed by atoms with Gasteiger partial charge in [0.15, 0.2) is 0 Å². The van der Waals surface area contributed by atoms with E-state index in [2.05, 4.69) is 42.2 Å². The van der Waals surface area contributed by atoms with Gasteiger partial charge in [0, 0.05) is 10.9 Å². The Morgan fingerprint density at radius 2 is 1.76 bits per heavy atom. The number of aromatic amines is 1. The SMILES string of the molecule is CCC(CO)(Sc1cc2ccccc2[nH]1)c1ccccc1. The summed E-state index contributed by atoms with van der Waals surface area (Å²) in [5.74, 6) is 0. The number of para-hydroxylation sites is 1. The quantitative estimate of drug-likeness (QED) is 0.677. The number of hydrogen-bond donors (Lipinski definition) is 2. The second-order valence-corrected chi connectivity index (χ2v) is 6.62. The van der Waals surface area contributed by atoms with Gasteiger partial charge in [-0.05, 0) is 24.1 Å². The number of rotatable bonds is 5. The van der Waals surface area contributed by atoms with E-state index in [9.17, 15) is 5.11 Å². The van der Waals surface area contributed by atoms with Crippen LogP contribution in [-0.2, 0) is 4.75 Å². The molecule has 3 aromatic rings. The van der Waals surface area contributed by atoms with E-state index in [4.69, 9.17) is 0 Å². The Morgan fingerprint density at radius 1 is 1.05 bits per heavy atom. The number of nitrogens with one attached hydrogen (secondary N) is 1. The van der Waals surface area contributed by atoms with Crippen LogP contribution in [0.4, 0.5) is 0 Å². The zero-order valence-electron chi connectivity index (χ0n) is 12.0. The van der Waals surface area contributed by atoms with Crippen LogP contribution in [0.3, 0.4) is 0 Å². The summed E-state index contributed by atoms with van der Waals surface area (Å²) in [6.45, 7) is 2.24. The zero-order chi connectivity index (χ0) is 14.7. The molecule has 0 amide bonds. The molecule has 1 atom stereocenters. The van der Waals surface area contributed by atoms with Gasteiger partial charge >= 0.3 is 0 Å². The van der Waals surface area contributed by atoms with Crippen LogP contribution >= 0.6 is 11.8 Å². The Hall–Kier alpha value is -1.71. The molecule has 0 bridgehead atoms. The maximum Gasteiger partial charge on any atom is 0.0742 e. The van der Waals surface area contributed by atoms with Gasteiger partial charge in [0.05, 0.1) is 16.4 Å². The lowest BCUT2D eigenvalue weighted by Gasteiger charge is -2.30. The molecule has 108 valence electrons. The van der Waals surface area contributed by atoms with E-state index in [1.165, 1.54) is 10.9 Å². The van der Waals surface area contributed by atoms with Gasteiger partial charge in [-0.3, -0.25) is 0 Å². The van der Waals surface area contributed by atoms with Crippen LogP contribution in [0.1, 0.15) is 18.9 Å². The monoisotopic (exact) mass is 297 g/mol. The van der Waals surface area contributed by atoms with Crippen molar-refractivity contribution in [2.45, 2.75) is 23.1 Å². The molecule has 21 heavy (non-hydrogen) atoms. The highest BCUT2D eigenvalue weighted by Crippen LogP contribution is 2.44. The standard InChI is InChI=1S/C18H19NOS/c1-2-18(13-20,15-9-4-3-5-10-15)21-17-12-14-8-6-7-11-16(14)19-17/h3-12,19-20H,2,13H2,1H3. The van der Waals surface area contributed by atoms with Crippen LogP contribution < -0.4 is 0 Å². The predicted octanol–water partition coefficient (Wildman–Crippen LogP) is 4.56. The Bertz CT molecular complexity index is 683. The molecule has 1 aromatic heterocycles. The molecule has 2 N–H and O–H groups in total. The molecule has 0 saturated carbocycles. The molecule has 0 aliphatic heterocycles. The first-order valence-electron chi connectivity index (χ1n) is 7.20. The van der Waals surface area contributed by atoms with Crippen molar-refractivity contribution in [2.75, 3.05) is 6.61 Å². The molecule has 1 unspecified atom stereocenters. The molecule has 3 rings (SSSR count). The van der Waals surface area contributed by atoms with Crippen LogP contribution in [0.15, 0.2) is 65.7 Å². The topological polar surface area (TPSA) is 36.0 Å². The van der Waals surface area contributed by atoms with Crippen LogP contribution in [0.25, 0.3) is 10.9 Å². The lowest BCUT2D eigenvalue weighted by Crippen LogP contribution is -2.25. The van der Waals surface area contributed by atoms with E-state index in [-0.39, 0.29) is 11.4 Å². The fourth-order valence-corrected chi connectivity index (χ4v) is 3.86. The van der Waals surface area contributed by atoms with Crippen molar-refractivity contribution in [3.05, 3.63) is 66.2 Å². The summed E-state index contributed by atoms with van der Waals surface area (Å²) >= 11 is 1.71. The molecule has 3 heteroatoms. The van der Waals surface area contributed by atoms with E-state index >= 15 is 0 Å². The molecule has 0 saturated heterocycles. The Balaban J connectivity index is 1.98. The van der Waals surface area contributed by atoms with Crippen molar-refractivity contribution in [3.63, 3.8) is 0 Å². The molecule has 0 aliphatic rings. The average molecular weight is 297 g/mol. The van der Waals surface area contributed by atoms with E-state index in [0.29, 0.717) is 0 Å². The van der Waals surface area contributed by atoms with Gasteiger partial charge in [0.25, 0.3) is 0 Å². The Labute approximate surface area is 129 Å². The van der Waals surface area contributed by atoms with Gasteiger partial charge in [-0.2, -0.15) is 0 Å². The molecule has 0 fully saturated rings. The van der Waals surface area contributed by atoms with Crippen molar-refractivity contribution < 1.29 is 5.11 Å². The minimum Gasteiger partial charge on any atom is -0.395 e. The summed E-state index contributed by atoms with van der Waals surface area (Å²) in [5.41, 5.74) is 2.30. The minimum atomic E-state index is -0.303. The lowest BCUT2D eigenvalue weighted by atomic mass is 9.96. The highest BCUT2D eigenvalue weighted by atomic mass is 32.2. The van der Waals surface area contributed by atoms with Gasteiger partial charge in [-0.1, -0.05) is 67.2 Å². The first-order chi connectivity index (χ1) is 10.3. The summed E-state index contributed by atoms with van der Waals surface area (Å²) in [5, 5.41) is 12.3.